The maximum Gasteiger partial charge on any atom is 0.243 e. The minimum Gasteiger partial charge on any atom is -0.328 e. The fraction of sp³-hybridized carbons (Fsp3) is 0.538. The Morgan fingerprint density at radius 1 is 1.11 bits per heavy atom. The number of hydrogen-bond donors (Lipinski definition) is 1. The van der Waals surface area contributed by atoms with Crippen molar-refractivity contribution in [3.63, 3.8) is 0 Å². The van der Waals surface area contributed by atoms with E-state index in [4.69, 9.17) is 5.73 Å². The summed E-state index contributed by atoms with van der Waals surface area (Å²) in [5.41, 5.74) is 6.00. The first-order chi connectivity index (χ1) is 8.98. The fourth-order valence-electron chi connectivity index (χ4n) is 3.30. The molecule has 2 heterocycles. The van der Waals surface area contributed by atoms with Gasteiger partial charge in [-0.15, -0.1) is 0 Å². The van der Waals surface area contributed by atoms with Crippen LogP contribution in [0.5, 0.6) is 0 Å². The van der Waals surface area contributed by atoms with Crippen molar-refractivity contribution in [3.05, 3.63) is 27.8 Å². The van der Waals surface area contributed by atoms with Gasteiger partial charge in [0.25, 0.3) is 0 Å². The number of nitrogens with zero attached hydrogens (tertiary/aromatic N) is 1. The third kappa shape index (κ3) is 2.43. The fourth-order valence-corrected chi connectivity index (χ4v) is 5.55. The van der Waals surface area contributed by atoms with Gasteiger partial charge in [-0.25, -0.2) is 8.42 Å². The molecule has 0 spiro atoms. The van der Waals surface area contributed by atoms with Gasteiger partial charge in [0, 0.05) is 21.7 Å². The molecule has 2 bridgehead atoms. The molecule has 2 aliphatic rings. The second-order valence-corrected chi connectivity index (χ2v) is 8.49. The molecule has 2 saturated heterocycles. The average Bonchev–Trinajstić information content (AvgIpc) is 2.64. The Balaban J connectivity index is 1.95. The van der Waals surface area contributed by atoms with Crippen molar-refractivity contribution in [2.24, 2.45) is 5.73 Å². The highest BCUT2D eigenvalue weighted by atomic mass is 127. The zero-order valence-corrected chi connectivity index (χ0v) is 13.5. The Hall–Kier alpha value is -0.180. The number of fused-ring (bicyclic) bond motifs is 2. The summed E-state index contributed by atoms with van der Waals surface area (Å²) in [4.78, 5) is 0.403. The van der Waals surface area contributed by atoms with Gasteiger partial charge >= 0.3 is 0 Å². The molecular weight excluding hydrogens is 375 g/mol. The Kier molecular flexibility index (Phi) is 3.61. The highest BCUT2D eigenvalue weighted by Crippen LogP contribution is 2.39. The summed E-state index contributed by atoms with van der Waals surface area (Å²) in [6.07, 6.45) is 3.48. The van der Waals surface area contributed by atoms with Crippen LogP contribution in [0.1, 0.15) is 25.7 Å². The van der Waals surface area contributed by atoms with Crippen LogP contribution < -0.4 is 5.73 Å². The number of piperidine rings is 1. The predicted molar refractivity (Wildman–Crippen MR) is 82.2 cm³/mol. The largest absolute Gasteiger partial charge is 0.328 e. The second-order valence-electron chi connectivity index (χ2n) is 5.41. The zero-order chi connectivity index (χ0) is 13.6. The molecule has 2 N–H and O–H groups in total. The first-order valence-electron chi connectivity index (χ1n) is 6.53. The molecule has 0 aromatic heterocycles. The summed E-state index contributed by atoms with van der Waals surface area (Å²) in [7, 11) is -3.36. The third-order valence-electron chi connectivity index (χ3n) is 4.09. The molecule has 104 valence electrons. The number of rotatable bonds is 2. The van der Waals surface area contributed by atoms with Gasteiger partial charge in [0.15, 0.2) is 0 Å². The van der Waals surface area contributed by atoms with E-state index in [1.807, 2.05) is 12.1 Å². The van der Waals surface area contributed by atoms with Gasteiger partial charge < -0.3 is 5.73 Å². The minimum atomic E-state index is -3.36. The van der Waals surface area contributed by atoms with Gasteiger partial charge in [-0.2, -0.15) is 4.31 Å². The van der Waals surface area contributed by atoms with Gasteiger partial charge in [0.1, 0.15) is 0 Å². The summed E-state index contributed by atoms with van der Waals surface area (Å²) >= 11 is 2.18. The smallest absolute Gasteiger partial charge is 0.243 e. The Morgan fingerprint density at radius 3 is 2.16 bits per heavy atom. The second kappa shape index (κ2) is 4.98. The van der Waals surface area contributed by atoms with Crippen molar-refractivity contribution in [2.75, 3.05) is 0 Å². The van der Waals surface area contributed by atoms with E-state index in [0.717, 1.165) is 29.3 Å². The monoisotopic (exact) mass is 392 g/mol. The van der Waals surface area contributed by atoms with Crippen LogP contribution in [0.4, 0.5) is 0 Å². The van der Waals surface area contributed by atoms with Gasteiger partial charge in [0.05, 0.1) is 4.90 Å². The van der Waals surface area contributed by atoms with Crippen molar-refractivity contribution >= 4 is 32.6 Å². The highest BCUT2D eigenvalue weighted by Gasteiger charge is 2.46. The molecule has 1 aromatic carbocycles. The molecule has 1 aromatic rings. The van der Waals surface area contributed by atoms with Crippen molar-refractivity contribution in [2.45, 2.75) is 48.7 Å². The van der Waals surface area contributed by atoms with Crippen LogP contribution in [0, 0.1) is 3.57 Å². The lowest BCUT2D eigenvalue weighted by Crippen LogP contribution is -2.49. The van der Waals surface area contributed by atoms with E-state index in [-0.39, 0.29) is 18.1 Å². The summed E-state index contributed by atoms with van der Waals surface area (Å²) in [6, 6.07) is 7.42. The number of halogens is 1. The molecule has 2 atom stereocenters. The van der Waals surface area contributed by atoms with E-state index in [2.05, 4.69) is 22.6 Å². The van der Waals surface area contributed by atoms with Crippen molar-refractivity contribution in [1.82, 2.24) is 4.31 Å². The normalized spacial score (nSPS) is 31.6. The molecule has 2 aliphatic heterocycles. The van der Waals surface area contributed by atoms with Crippen LogP contribution in [0.2, 0.25) is 0 Å². The van der Waals surface area contributed by atoms with Crippen LogP contribution in [-0.4, -0.2) is 30.8 Å². The van der Waals surface area contributed by atoms with Crippen LogP contribution in [0.15, 0.2) is 29.2 Å². The Morgan fingerprint density at radius 2 is 1.63 bits per heavy atom. The van der Waals surface area contributed by atoms with Gasteiger partial charge in [0.2, 0.25) is 10.0 Å². The average molecular weight is 392 g/mol. The van der Waals surface area contributed by atoms with Gasteiger partial charge in [-0.05, 0) is 72.5 Å². The molecule has 0 amide bonds. The first kappa shape index (κ1) is 13.8. The number of sulfonamides is 1. The van der Waals surface area contributed by atoms with Crippen LogP contribution in [-0.2, 0) is 10.0 Å². The number of hydrogen-bond acceptors (Lipinski definition) is 3. The summed E-state index contributed by atoms with van der Waals surface area (Å²) in [5.74, 6) is 0. The van der Waals surface area contributed by atoms with E-state index in [1.54, 1.807) is 16.4 Å². The summed E-state index contributed by atoms with van der Waals surface area (Å²) in [5, 5.41) is 0. The number of nitrogens with two attached hydrogens (primary N) is 1. The van der Waals surface area contributed by atoms with E-state index < -0.39 is 10.0 Å². The SMILES string of the molecule is NC1CC2CCC(C1)N2S(=O)(=O)c1ccc(I)cc1. The van der Waals surface area contributed by atoms with Crippen molar-refractivity contribution in [1.29, 1.82) is 0 Å². The summed E-state index contributed by atoms with van der Waals surface area (Å²) < 4.78 is 28.3. The van der Waals surface area contributed by atoms with E-state index >= 15 is 0 Å². The molecule has 4 nitrogen and oxygen atoms in total. The number of benzene rings is 1. The Bertz CT molecular complexity index is 559. The molecule has 0 saturated carbocycles. The van der Waals surface area contributed by atoms with Crippen molar-refractivity contribution in [3.8, 4) is 0 Å². The predicted octanol–water partition coefficient (Wildman–Crippen LogP) is 1.93. The van der Waals surface area contributed by atoms with Crippen LogP contribution >= 0.6 is 22.6 Å². The molecule has 0 aliphatic carbocycles. The van der Waals surface area contributed by atoms with Crippen molar-refractivity contribution < 1.29 is 8.42 Å². The standard InChI is InChI=1S/C13H17IN2O2S/c14-9-1-5-13(6-2-9)19(17,18)16-11-3-4-12(16)8-10(15)7-11/h1-2,5-6,10-12H,3-4,7-8,15H2. The summed E-state index contributed by atoms with van der Waals surface area (Å²) in [6.45, 7) is 0. The molecule has 2 unspecified atom stereocenters. The topological polar surface area (TPSA) is 63.4 Å². The molecular formula is C13H17IN2O2S. The highest BCUT2D eigenvalue weighted by molar-refractivity contribution is 14.1. The quantitative estimate of drug-likeness (QED) is 0.783. The van der Waals surface area contributed by atoms with Gasteiger partial charge in [-0.1, -0.05) is 0 Å². The minimum absolute atomic E-state index is 0.0954. The lowest BCUT2D eigenvalue weighted by Gasteiger charge is -2.36. The van der Waals surface area contributed by atoms with Crippen LogP contribution in [0.25, 0.3) is 0 Å². The van der Waals surface area contributed by atoms with E-state index in [1.165, 1.54) is 0 Å². The molecule has 6 heteroatoms. The molecule has 2 fully saturated rings. The molecule has 0 radical (unpaired) electrons. The molecule has 3 rings (SSSR count). The van der Waals surface area contributed by atoms with E-state index in [0.29, 0.717) is 4.90 Å². The van der Waals surface area contributed by atoms with E-state index in [9.17, 15) is 8.42 Å². The van der Waals surface area contributed by atoms with Gasteiger partial charge in [-0.3, -0.25) is 0 Å². The lowest BCUT2D eigenvalue weighted by atomic mass is 10.0. The third-order valence-corrected chi connectivity index (χ3v) is 6.83. The Labute approximate surface area is 127 Å². The lowest BCUT2D eigenvalue weighted by molar-refractivity contribution is 0.227. The zero-order valence-electron chi connectivity index (χ0n) is 10.5. The maximum atomic E-state index is 12.7. The first-order valence-corrected chi connectivity index (χ1v) is 9.05. The maximum absolute atomic E-state index is 12.7. The molecule has 19 heavy (non-hydrogen) atoms. The van der Waals surface area contributed by atoms with Crippen LogP contribution in [0.3, 0.4) is 0 Å².